The maximum atomic E-state index is 13.7. The summed E-state index contributed by atoms with van der Waals surface area (Å²) >= 11 is 3.03. The third kappa shape index (κ3) is 8.32. The third-order valence-corrected chi connectivity index (χ3v) is 8.69. The smallest absolute Gasteiger partial charge is 0.326 e. The van der Waals surface area contributed by atoms with E-state index in [1.165, 1.54) is 50.7 Å². The average molecular weight is 648 g/mol. The summed E-state index contributed by atoms with van der Waals surface area (Å²) in [4.78, 5) is 51.1. The van der Waals surface area contributed by atoms with Crippen LogP contribution in [0.3, 0.4) is 0 Å². The van der Waals surface area contributed by atoms with Crippen molar-refractivity contribution in [2.75, 3.05) is 50.7 Å². The van der Waals surface area contributed by atoms with E-state index in [-0.39, 0.29) is 23.4 Å². The van der Waals surface area contributed by atoms with Crippen molar-refractivity contribution in [3.05, 3.63) is 45.6 Å². The molecular weight excluding hydrogens is 606 g/mol. The van der Waals surface area contributed by atoms with E-state index >= 15 is 0 Å². The van der Waals surface area contributed by atoms with E-state index in [2.05, 4.69) is 16.0 Å². The largest absolute Gasteiger partial charge is 0.493 e. The number of aryl methyl sites for hydroxylation is 1. The van der Waals surface area contributed by atoms with Crippen LogP contribution in [0.25, 0.3) is 11.1 Å². The van der Waals surface area contributed by atoms with Crippen molar-refractivity contribution in [1.29, 1.82) is 0 Å². The first kappa shape index (κ1) is 34.9. The molecule has 0 heterocycles. The van der Waals surface area contributed by atoms with Gasteiger partial charge in [-0.15, -0.1) is 0 Å². The quantitative estimate of drug-likeness (QED) is 0.224. The van der Waals surface area contributed by atoms with Crippen molar-refractivity contribution in [3.63, 3.8) is 0 Å². The van der Waals surface area contributed by atoms with Crippen LogP contribution in [-0.2, 0) is 20.8 Å². The predicted octanol–water partition coefficient (Wildman–Crippen LogP) is 3.72. The maximum Gasteiger partial charge on any atom is 0.326 e. The van der Waals surface area contributed by atoms with Gasteiger partial charge in [-0.05, 0) is 84.6 Å². The van der Waals surface area contributed by atoms with Crippen LogP contribution < -0.4 is 35.6 Å². The molecule has 0 aromatic heterocycles. The molecule has 1 aliphatic carbocycles. The van der Waals surface area contributed by atoms with Gasteiger partial charge in [-0.3, -0.25) is 14.4 Å². The Balaban J connectivity index is 2.16. The van der Waals surface area contributed by atoms with E-state index < -0.39 is 30.0 Å². The van der Waals surface area contributed by atoms with Crippen LogP contribution in [0.4, 0.5) is 5.69 Å². The molecule has 0 radical (unpaired) electrons. The molecule has 0 saturated heterocycles. The lowest BCUT2D eigenvalue weighted by Gasteiger charge is -2.21. The number of benzene rings is 1. The van der Waals surface area contributed by atoms with Gasteiger partial charge < -0.3 is 35.3 Å². The summed E-state index contributed by atoms with van der Waals surface area (Å²) in [5.41, 5.74) is 2.64. The second kappa shape index (κ2) is 16.5. The maximum absolute atomic E-state index is 13.7. The van der Waals surface area contributed by atoms with E-state index in [9.17, 15) is 24.3 Å². The SMILES string of the molecule is COc1cc2c(c(OC)c1OC)-c1ccc(N[C@@H](CCSC)C(=O)N[C@@H](CCSC)C(=O)O)c(=O)cc1[C@@H](NC(C)=O)CC2. The third-order valence-electron chi connectivity index (χ3n) is 7.40. The number of amides is 2. The molecule has 0 spiro atoms. The molecule has 3 rings (SSSR count). The number of anilines is 1. The standard InChI is InChI=1S/C31H41N3O8S2/c1-17(35)32-21-9-7-18-15-26(40-2)28(41-3)29(42-4)27(18)19-8-10-22(25(36)16-20(19)21)33-23(11-13-43-5)30(37)34-24(31(38)39)12-14-44-6/h8,10,15-16,21,23-24H,7,9,11-14H2,1-6H3,(H,32,35)(H,33,36)(H,34,37)(H,38,39)/t21-,23-,24-/m0/s1. The van der Waals surface area contributed by atoms with Crippen LogP contribution in [0.2, 0.25) is 0 Å². The summed E-state index contributed by atoms with van der Waals surface area (Å²) < 4.78 is 17.1. The number of carboxylic acids is 1. The van der Waals surface area contributed by atoms with Gasteiger partial charge in [-0.2, -0.15) is 23.5 Å². The fourth-order valence-electron chi connectivity index (χ4n) is 5.28. The highest BCUT2D eigenvalue weighted by atomic mass is 32.2. The molecule has 0 aliphatic heterocycles. The lowest BCUT2D eigenvalue weighted by Crippen LogP contribution is -2.48. The van der Waals surface area contributed by atoms with E-state index in [1.807, 2.05) is 18.6 Å². The van der Waals surface area contributed by atoms with E-state index in [1.54, 1.807) is 19.2 Å². The minimum Gasteiger partial charge on any atom is -0.493 e. The van der Waals surface area contributed by atoms with Gasteiger partial charge in [0.15, 0.2) is 11.5 Å². The van der Waals surface area contributed by atoms with Gasteiger partial charge in [-0.1, -0.05) is 6.07 Å². The average Bonchev–Trinajstić information content (AvgIpc) is 3.24. The van der Waals surface area contributed by atoms with Crippen molar-refractivity contribution in [1.82, 2.24) is 10.6 Å². The van der Waals surface area contributed by atoms with Crippen molar-refractivity contribution < 1.29 is 33.7 Å². The Labute approximate surface area is 266 Å². The number of hydrogen-bond acceptors (Lipinski definition) is 10. The van der Waals surface area contributed by atoms with Gasteiger partial charge in [0.2, 0.25) is 23.0 Å². The van der Waals surface area contributed by atoms with Crippen LogP contribution >= 0.6 is 23.5 Å². The summed E-state index contributed by atoms with van der Waals surface area (Å²) in [6.45, 7) is 1.43. The molecule has 3 atom stereocenters. The zero-order valence-electron chi connectivity index (χ0n) is 25.9. The van der Waals surface area contributed by atoms with Gasteiger partial charge in [-0.25, -0.2) is 4.79 Å². The van der Waals surface area contributed by atoms with E-state index in [0.29, 0.717) is 64.7 Å². The Bertz CT molecular complexity index is 1420. The van der Waals surface area contributed by atoms with Crippen molar-refractivity contribution in [3.8, 4) is 28.4 Å². The number of nitrogens with one attached hydrogen (secondary N) is 3. The zero-order chi connectivity index (χ0) is 32.4. The second-order valence-electron chi connectivity index (χ2n) is 10.3. The number of aliphatic carboxylic acids is 1. The Morgan fingerprint density at radius 2 is 1.64 bits per heavy atom. The number of hydrogen-bond donors (Lipinski definition) is 4. The summed E-state index contributed by atoms with van der Waals surface area (Å²) in [5.74, 6) is 0.647. The van der Waals surface area contributed by atoms with Gasteiger partial charge in [0.25, 0.3) is 0 Å². The number of methoxy groups -OCH3 is 3. The van der Waals surface area contributed by atoms with Crippen LogP contribution in [0.5, 0.6) is 17.2 Å². The lowest BCUT2D eigenvalue weighted by atomic mass is 9.95. The fraction of sp³-hybridized carbons (Fsp3) is 0.484. The minimum atomic E-state index is -1.11. The van der Waals surface area contributed by atoms with Gasteiger partial charge in [0.05, 0.1) is 33.1 Å². The molecule has 44 heavy (non-hydrogen) atoms. The molecular formula is C31H41N3O8S2. The molecule has 0 bridgehead atoms. The first-order chi connectivity index (χ1) is 21.1. The molecule has 0 fully saturated rings. The first-order valence-electron chi connectivity index (χ1n) is 14.1. The van der Waals surface area contributed by atoms with Gasteiger partial charge in [0.1, 0.15) is 12.1 Å². The van der Waals surface area contributed by atoms with Crippen molar-refractivity contribution in [2.45, 2.75) is 50.7 Å². The minimum absolute atomic E-state index is 0.165. The molecule has 240 valence electrons. The number of carbonyl (C=O) groups excluding carboxylic acids is 2. The highest BCUT2D eigenvalue weighted by Crippen LogP contribution is 2.50. The molecule has 4 N–H and O–H groups in total. The summed E-state index contributed by atoms with van der Waals surface area (Å²) in [6.07, 6.45) is 5.48. The highest BCUT2D eigenvalue weighted by molar-refractivity contribution is 7.98. The van der Waals surface area contributed by atoms with Crippen LogP contribution in [0, 0.1) is 0 Å². The Morgan fingerprint density at radius 3 is 2.20 bits per heavy atom. The predicted molar refractivity (Wildman–Crippen MR) is 176 cm³/mol. The first-order valence-corrected chi connectivity index (χ1v) is 16.9. The monoisotopic (exact) mass is 647 g/mol. The van der Waals surface area contributed by atoms with Crippen molar-refractivity contribution >= 4 is 47.0 Å². The molecule has 2 aromatic rings. The fourth-order valence-corrected chi connectivity index (χ4v) is 6.23. The number of fused-ring (bicyclic) bond motifs is 3. The molecule has 2 amide bonds. The highest BCUT2D eigenvalue weighted by Gasteiger charge is 2.30. The molecule has 1 aliphatic rings. The molecule has 0 unspecified atom stereocenters. The summed E-state index contributed by atoms with van der Waals surface area (Å²) in [6, 6.07) is 4.36. The normalized spacial score (nSPS) is 15.0. The second-order valence-corrected chi connectivity index (χ2v) is 12.2. The Kier molecular flexibility index (Phi) is 13.1. The Morgan fingerprint density at radius 1 is 0.977 bits per heavy atom. The van der Waals surface area contributed by atoms with Crippen LogP contribution in [0.1, 0.15) is 43.4 Å². The van der Waals surface area contributed by atoms with E-state index in [0.717, 1.165) is 5.56 Å². The Hall–Kier alpha value is -3.58. The number of carboxylic acid groups (broad SMARTS) is 1. The topological polar surface area (TPSA) is 152 Å². The summed E-state index contributed by atoms with van der Waals surface area (Å²) in [7, 11) is 4.59. The van der Waals surface area contributed by atoms with Gasteiger partial charge in [0, 0.05) is 12.5 Å². The number of rotatable bonds is 15. The number of carbonyl (C=O) groups is 3. The number of ether oxygens (including phenoxy) is 3. The van der Waals surface area contributed by atoms with Crippen LogP contribution in [0.15, 0.2) is 29.1 Å². The zero-order valence-corrected chi connectivity index (χ0v) is 27.5. The van der Waals surface area contributed by atoms with E-state index in [4.69, 9.17) is 14.2 Å². The molecule has 11 nitrogen and oxygen atoms in total. The van der Waals surface area contributed by atoms with Crippen LogP contribution in [-0.4, -0.2) is 80.3 Å². The number of thioether (sulfide) groups is 2. The molecule has 0 saturated carbocycles. The molecule has 2 aromatic carbocycles. The summed E-state index contributed by atoms with van der Waals surface area (Å²) in [5, 5.41) is 18.3. The van der Waals surface area contributed by atoms with Gasteiger partial charge >= 0.3 is 5.97 Å². The lowest BCUT2D eigenvalue weighted by molar-refractivity contribution is -0.142. The van der Waals surface area contributed by atoms with Crippen molar-refractivity contribution in [2.24, 2.45) is 0 Å². The molecule has 13 heteroatoms.